The Kier molecular flexibility index (Phi) is 5.14. The van der Waals surface area contributed by atoms with E-state index in [1.807, 2.05) is 31.2 Å². The molecule has 0 bridgehead atoms. The first-order valence-electron chi connectivity index (χ1n) is 7.55. The van der Waals surface area contributed by atoms with Crippen LogP contribution in [0.4, 0.5) is 5.82 Å². The second-order valence-electron chi connectivity index (χ2n) is 5.42. The highest BCUT2D eigenvalue weighted by Gasteiger charge is 2.16. The van der Waals surface area contributed by atoms with Crippen LogP contribution in [0.3, 0.4) is 0 Å². The average Bonchev–Trinajstić information content (AvgIpc) is 2.81. The molecule has 0 spiro atoms. The minimum absolute atomic E-state index is 0.470. The summed E-state index contributed by atoms with van der Waals surface area (Å²) in [6, 6.07) is 7.98. The molecule has 0 aliphatic rings. The highest BCUT2D eigenvalue weighted by Crippen LogP contribution is 2.26. The van der Waals surface area contributed by atoms with Gasteiger partial charge < -0.3 is 5.73 Å². The molecule has 4 nitrogen and oxygen atoms in total. The molecule has 2 aromatic rings. The number of unbranched alkanes of at least 4 members (excludes halogenated alkanes) is 3. The second kappa shape index (κ2) is 7.07. The molecule has 0 atom stereocenters. The Hall–Kier alpha value is -2.10. The van der Waals surface area contributed by atoms with Crippen LogP contribution in [0.5, 0.6) is 0 Å². The van der Waals surface area contributed by atoms with E-state index in [1.165, 1.54) is 18.4 Å². The summed E-state index contributed by atoms with van der Waals surface area (Å²) < 4.78 is 1.76. The number of anilines is 1. The van der Waals surface area contributed by atoms with Crippen molar-refractivity contribution in [2.24, 2.45) is 0 Å². The predicted molar refractivity (Wildman–Crippen MR) is 86.3 cm³/mol. The molecular formula is C17H23N3O. The van der Waals surface area contributed by atoms with Crippen LogP contribution >= 0.6 is 0 Å². The van der Waals surface area contributed by atoms with Crippen LogP contribution in [-0.4, -0.2) is 16.1 Å². The van der Waals surface area contributed by atoms with E-state index >= 15 is 0 Å². The van der Waals surface area contributed by atoms with Gasteiger partial charge in [0.15, 0.2) is 6.29 Å². The molecule has 1 heterocycles. The van der Waals surface area contributed by atoms with Crippen molar-refractivity contribution >= 4 is 12.1 Å². The summed E-state index contributed by atoms with van der Waals surface area (Å²) in [5.74, 6) is 0.470. The first-order chi connectivity index (χ1) is 10.2. The number of carbonyl (C=O) groups excluding carboxylic acids is 1. The number of carbonyl (C=O) groups is 1. The van der Waals surface area contributed by atoms with E-state index in [4.69, 9.17) is 5.73 Å². The quantitative estimate of drug-likeness (QED) is 0.621. The van der Waals surface area contributed by atoms with Crippen molar-refractivity contribution in [3.05, 3.63) is 35.4 Å². The third-order valence-electron chi connectivity index (χ3n) is 3.70. The van der Waals surface area contributed by atoms with Gasteiger partial charge in [-0.25, -0.2) is 4.68 Å². The van der Waals surface area contributed by atoms with Crippen molar-refractivity contribution in [1.29, 1.82) is 0 Å². The number of aromatic nitrogens is 2. The topological polar surface area (TPSA) is 60.9 Å². The van der Waals surface area contributed by atoms with Gasteiger partial charge in [0.05, 0.1) is 5.56 Å². The van der Waals surface area contributed by atoms with Crippen LogP contribution < -0.4 is 5.73 Å². The molecular weight excluding hydrogens is 262 g/mol. The zero-order valence-electron chi connectivity index (χ0n) is 12.8. The molecule has 0 amide bonds. The summed E-state index contributed by atoms with van der Waals surface area (Å²) in [4.78, 5) is 11.3. The van der Waals surface area contributed by atoms with Crippen LogP contribution in [0.2, 0.25) is 0 Å². The van der Waals surface area contributed by atoms with E-state index in [1.54, 1.807) is 4.68 Å². The Morgan fingerprint density at radius 1 is 1.19 bits per heavy atom. The normalized spacial score (nSPS) is 10.8. The zero-order valence-corrected chi connectivity index (χ0v) is 12.8. The fourth-order valence-electron chi connectivity index (χ4n) is 2.39. The fraction of sp³-hybridized carbons (Fsp3) is 0.412. The number of hydrogen-bond acceptors (Lipinski definition) is 3. The average molecular weight is 285 g/mol. The number of aldehydes is 1. The van der Waals surface area contributed by atoms with Gasteiger partial charge in [0.25, 0.3) is 0 Å². The maximum absolute atomic E-state index is 11.3. The van der Waals surface area contributed by atoms with E-state index in [-0.39, 0.29) is 0 Å². The number of aryl methyl sites for hydroxylation is 2. The molecule has 0 fully saturated rings. The highest BCUT2D eigenvalue weighted by molar-refractivity contribution is 5.91. The van der Waals surface area contributed by atoms with Crippen molar-refractivity contribution in [3.8, 4) is 11.3 Å². The van der Waals surface area contributed by atoms with Crippen molar-refractivity contribution in [2.75, 3.05) is 5.73 Å². The lowest BCUT2D eigenvalue weighted by Gasteiger charge is -2.03. The molecule has 0 unspecified atom stereocenters. The lowest BCUT2D eigenvalue weighted by atomic mass is 10.1. The van der Waals surface area contributed by atoms with Crippen molar-refractivity contribution in [3.63, 3.8) is 0 Å². The maximum atomic E-state index is 11.3. The van der Waals surface area contributed by atoms with Gasteiger partial charge in [-0.1, -0.05) is 56.0 Å². The van der Waals surface area contributed by atoms with Gasteiger partial charge in [-0.05, 0) is 13.3 Å². The zero-order chi connectivity index (χ0) is 15.2. The standard InChI is InChI=1S/C17H23N3O/c1-3-4-5-6-11-20-17(18)15(12-21)16(19-20)14-9-7-13(2)8-10-14/h7-10,12H,3-6,11,18H2,1-2H3. The molecule has 0 saturated heterocycles. The van der Waals surface area contributed by atoms with Crippen molar-refractivity contribution < 1.29 is 4.79 Å². The third-order valence-corrected chi connectivity index (χ3v) is 3.70. The lowest BCUT2D eigenvalue weighted by Crippen LogP contribution is -2.05. The van der Waals surface area contributed by atoms with Gasteiger partial charge in [-0.15, -0.1) is 0 Å². The van der Waals surface area contributed by atoms with Gasteiger partial charge in [-0.3, -0.25) is 4.79 Å². The van der Waals surface area contributed by atoms with Gasteiger partial charge in [-0.2, -0.15) is 5.10 Å². The first kappa shape index (κ1) is 15.3. The highest BCUT2D eigenvalue weighted by atomic mass is 16.1. The van der Waals surface area contributed by atoms with Crippen LogP contribution in [0.15, 0.2) is 24.3 Å². The fourth-order valence-corrected chi connectivity index (χ4v) is 2.39. The van der Waals surface area contributed by atoms with Crippen LogP contribution in [0.25, 0.3) is 11.3 Å². The SMILES string of the molecule is CCCCCCn1nc(-c2ccc(C)cc2)c(C=O)c1N. The number of nitrogens with zero attached hydrogens (tertiary/aromatic N) is 2. The summed E-state index contributed by atoms with van der Waals surface area (Å²) in [5.41, 5.74) is 9.35. The number of nitrogens with two attached hydrogens (primary N) is 1. The molecule has 0 saturated carbocycles. The van der Waals surface area contributed by atoms with Crippen LogP contribution in [0, 0.1) is 6.92 Å². The summed E-state index contributed by atoms with van der Waals surface area (Å²) in [5, 5.41) is 4.54. The summed E-state index contributed by atoms with van der Waals surface area (Å²) >= 11 is 0. The summed E-state index contributed by atoms with van der Waals surface area (Å²) in [6.07, 6.45) is 5.41. The van der Waals surface area contributed by atoms with Gasteiger partial charge in [0.1, 0.15) is 11.5 Å². The maximum Gasteiger partial charge on any atom is 0.156 e. The minimum Gasteiger partial charge on any atom is -0.383 e. The summed E-state index contributed by atoms with van der Waals surface area (Å²) in [7, 11) is 0. The van der Waals surface area contributed by atoms with Gasteiger partial charge in [0, 0.05) is 12.1 Å². The van der Waals surface area contributed by atoms with E-state index < -0.39 is 0 Å². The Morgan fingerprint density at radius 2 is 1.90 bits per heavy atom. The molecule has 112 valence electrons. The number of rotatable bonds is 7. The molecule has 0 radical (unpaired) electrons. The van der Waals surface area contributed by atoms with Gasteiger partial charge >= 0.3 is 0 Å². The Morgan fingerprint density at radius 3 is 2.52 bits per heavy atom. The van der Waals surface area contributed by atoms with E-state index in [0.717, 1.165) is 31.2 Å². The second-order valence-corrected chi connectivity index (χ2v) is 5.42. The molecule has 4 heteroatoms. The molecule has 1 aromatic heterocycles. The molecule has 0 aliphatic carbocycles. The summed E-state index contributed by atoms with van der Waals surface area (Å²) in [6.45, 7) is 4.98. The van der Waals surface area contributed by atoms with E-state index in [9.17, 15) is 4.79 Å². The van der Waals surface area contributed by atoms with Crippen LogP contribution in [-0.2, 0) is 6.54 Å². The van der Waals surface area contributed by atoms with Crippen molar-refractivity contribution in [2.45, 2.75) is 46.1 Å². The smallest absolute Gasteiger partial charge is 0.156 e. The van der Waals surface area contributed by atoms with Gasteiger partial charge in [0.2, 0.25) is 0 Å². The first-order valence-corrected chi connectivity index (χ1v) is 7.55. The van der Waals surface area contributed by atoms with Crippen molar-refractivity contribution in [1.82, 2.24) is 9.78 Å². The largest absolute Gasteiger partial charge is 0.383 e. The number of hydrogen-bond donors (Lipinski definition) is 1. The lowest BCUT2D eigenvalue weighted by molar-refractivity contribution is 0.112. The molecule has 21 heavy (non-hydrogen) atoms. The third kappa shape index (κ3) is 3.51. The number of benzene rings is 1. The monoisotopic (exact) mass is 285 g/mol. The number of nitrogen functional groups attached to an aromatic ring is 1. The molecule has 2 N–H and O–H groups in total. The molecule has 1 aromatic carbocycles. The Labute approximate surface area is 126 Å². The Bertz CT molecular complexity index is 599. The predicted octanol–water partition coefficient (Wildman–Crippen LogP) is 3.83. The minimum atomic E-state index is 0.470. The van der Waals surface area contributed by atoms with E-state index in [0.29, 0.717) is 17.1 Å². The van der Waals surface area contributed by atoms with E-state index in [2.05, 4.69) is 12.0 Å². The Balaban J connectivity index is 2.25. The molecule has 2 rings (SSSR count). The van der Waals surface area contributed by atoms with Crippen LogP contribution in [0.1, 0.15) is 48.5 Å². The molecule has 0 aliphatic heterocycles.